The zero-order valence-corrected chi connectivity index (χ0v) is 21.3. The third-order valence-corrected chi connectivity index (χ3v) is 8.25. The molecular formula is C26H32N4O4S. The minimum atomic E-state index is -3.61. The fraction of sp³-hybridized carbons (Fsp3) is 0.385. The van der Waals surface area contributed by atoms with Gasteiger partial charge in [-0.3, -0.25) is 4.79 Å². The first-order valence-corrected chi connectivity index (χ1v) is 13.1. The number of aromatic nitrogens is 2. The van der Waals surface area contributed by atoms with Crippen LogP contribution in [0.2, 0.25) is 0 Å². The summed E-state index contributed by atoms with van der Waals surface area (Å²) < 4.78 is 35.1. The van der Waals surface area contributed by atoms with Crippen molar-refractivity contribution in [3.05, 3.63) is 77.9 Å². The van der Waals surface area contributed by atoms with Crippen LogP contribution < -0.4 is 10.1 Å². The van der Waals surface area contributed by atoms with Gasteiger partial charge in [-0.2, -0.15) is 4.31 Å². The topological polar surface area (TPSA) is 93.5 Å². The number of carbonyl (C=O) groups is 1. The number of rotatable bonds is 7. The SMILES string of the molecule is COc1cccc(C(NC(=O)c2ccc(S(=O)(=O)N3CC(C)CC(C)C3)cc2)c2nccn2C)c1. The fourth-order valence-electron chi connectivity index (χ4n) is 4.72. The monoisotopic (exact) mass is 496 g/mol. The molecule has 2 heterocycles. The molecule has 8 nitrogen and oxygen atoms in total. The van der Waals surface area contributed by atoms with Crippen LogP contribution in [0.15, 0.2) is 65.8 Å². The van der Waals surface area contributed by atoms with E-state index in [0.29, 0.717) is 42.1 Å². The number of amides is 1. The van der Waals surface area contributed by atoms with Gasteiger partial charge in [-0.05, 0) is 60.2 Å². The number of aryl methyl sites for hydroxylation is 1. The van der Waals surface area contributed by atoms with Crippen LogP contribution in [-0.4, -0.2) is 48.4 Å². The van der Waals surface area contributed by atoms with Crippen LogP contribution in [0.25, 0.3) is 0 Å². The molecule has 1 N–H and O–H groups in total. The molecule has 9 heteroatoms. The minimum Gasteiger partial charge on any atom is -0.497 e. The number of sulfonamides is 1. The Balaban J connectivity index is 1.57. The number of methoxy groups -OCH3 is 1. The van der Waals surface area contributed by atoms with E-state index in [1.54, 1.807) is 29.7 Å². The third kappa shape index (κ3) is 5.41. The molecule has 0 bridgehead atoms. The van der Waals surface area contributed by atoms with Crippen molar-refractivity contribution in [2.75, 3.05) is 20.2 Å². The van der Waals surface area contributed by atoms with Gasteiger partial charge in [-0.25, -0.2) is 13.4 Å². The second-order valence-electron chi connectivity index (χ2n) is 9.37. The molecule has 35 heavy (non-hydrogen) atoms. The average Bonchev–Trinajstić information content (AvgIpc) is 3.27. The normalized spacial score (nSPS) is 19.8. The number of carbonyl (C=O) groups excluding carboxylic acids is 1. The highest BCUT2D eigenvalue weighted by atomic mass is 32.2. The van der Waals surface area contributed by atoms with Gasteiger partial charge in [0.05, 0.1) is 12.0 Å². The Morgan fingerprint density at radius 2 is 1.80 bits per heavy atom. The molecule has 1 saturated heterocycles. The van der Waals surface area contributed by atoms with Gasteiger partial charge in [0.25, 0.3) is 5.91 Å². The van der Waals surface area contributed by atoms with E-state index in [-0.39, 0.29) is 10.8 Å². The molecule has 2 aromatic carbocycles. The predicted octanol–water partition coefficient (Wildman–Crippen LogP) is 3.61. The summed E-state index contributed by atoms with van der Waals surface area (Å²) in [6.07, 6.45) is 4.52. The van der Waals surface area contributed by atoms with E-state index in [1.807, 2.05) is 42.1 Å². The Labute approximate surface area is 207 Å². The minimum absolute atomic E-state index is 0.198. The lowest BCUT2D eigenvalue weighted by molar-refractivity contribution is 0.0941. The van der Waals surface area contributed by atoms with Gasteiger partial charge in [-0.15, -0.1) is 0 Å². The first kappa shape index (κ1) is 24.9. The molecule has 3 aromatic rings. The largest absolute Gasteiger partial charge is 0.497 e. The van der Waals surface area contributed by atoms with Gasteiger partial charge in [0.2, 0.25) is 10.0 Å². The molecule has 1 amide bonds. The Morgan fingerprint density at radius 1 is 1.11 bits per heavy atom. The Hall–Kier alpha value is -3.17. The van der Waals surface area contributed by atoms with Crippen molar-refractivity contribution in [3.63, 3.8) is 0 Å². The number of nitrogens with one attached hydrogen (secondary N) is 1. The van der Waals surface area contributed by atoms with Crippen molar-refractivity contribution < 1.29 is 17.9 Å². The van der Waals surface area contributed by atoms with E-state index >= 15 is 0 Å². The van der Waals surface area contributed by atoms with Crippen LogP contribution in [0.4, 0.5) is 0 Å². The van der Waals surface area contributed by atoms with Crippen LogP contribution in [0, 0.1) is 11.8 Å². The van der Waals surface area contributed by atoms with E-state index in [0.717, 1.165) is 12.0 Å². The summed E-state index contributed by atoms with van der Waals surface area (Å²) in [7, 11) is -0.154. The van der Waals surface area contributed by atoms with Crippen molar-refractivity contribution in [1.29, 1.82) is 0 Å². The van der Waals surface area contributed by atoms with Crippen molar-refractivity contribution in [2.24, 2.45) is 18.9 Å². The predicted molar refractivity (Wildman–Crippen MR) is 134 cm³/mol. The number of hydrogen-bond acceptors (Lipinski definition) is 5. The Kier molecular flexibility index (Phi) is 7.28. The molecule has 1 fully saturated rings. The Bertz CT molecular complexity index is 1280. The van der Waals surface area contributed by atoms with Crippen LogP contribution in [0.3, 0.4) is 0 Å². The second kappa shape index (κ2) is 10.2. The number of nitrogens with zero attached hydrogens (tertiary/aromatic N) is 3. The number of benzene rings is 2. The first-order chi connectivity index (χ1) is 16.7. The highest BCUT2D eigenvalue weighted by molar-refractivity contribution is 7.89. The highest BCUT2D eigenvalue weighted by Crippen LogP contribution is 2.28. The summed E-state index contributed by atoms with van der Waals surface area (Å²) in [5.74, 6) is 1.65. The molecule has 1 aliphatic heterocycles. The van der Waals surface area contributed by atoms with Crippen molar-refractivity contribution in [3.8, 4) is 5.75 Å². The maximum atomic E-state index is 13.2. The van der Waals surface area contributed by atoms with Crippen molar-refractivity contribution in [1.82, 2.24) is 19.2 Å². The maximum Gasteiger partial charge on any atom is 0.252 e. The lowest BCUT2D eigenvalue weighted by Gasteiger charge is -2.34. The number of piperidine rings is 1. The molecule has 1 aliphatic rings. The van der Waals surface area contributed by atoms with Crippen molar-refractivity contribution in [2.45, 2.75) is 31.2 Å². The number of imidazole rings is 1. The van der Waals surface area contributed by atoms with Gasteiger partial charge in [0.15, 0.2) is 0 Å². The highest BCUT2D eigenvalue weighted by Gasteiger charge is 2.32. The summed E-state index contributed by atoms with van der Waals surface area (Å²) in [6, 6.07) is 13.1. The molecule has 3 atom stereocenters. The number of hydrogen-bond donors (Lipinski definition) is 1. The molecule has 0 saturated carbocycles. The van der Waals surface area contributed by atoms with E-state index in [2.05, 4.69) is 24.1 Å². The van der Waals surface area contributed by atoms with E-state index in [9.17, 15) is 13.2 Å². The molecule has 4 rings (SSSR count). The van der Waals surface area contributed by atoms with Gasteiger partial charge in [0, 0.05) is 38.1 Å². The molecule has 0 spiro atoms. The average molecular weight is 497 g/mol. The van der Waals surface area contributed by atoms with E-state index < -0.39 is 16.1 Å². The van der Waals surface area contributed by atoms with Crippen LogP contribution >= 0.6 is 0 Å². The molecule has 0 aliphatic carbocycles. The van der Waals surface area contributed by atoms with Crippen LogP contribution in [0.1, 0.15) is 48.1 Å². The lowest BCUT2D eigenvalue weighted by Crippen LogP contribution is -2.42. The first-order valence-electron chi connectivity index (χ1n) is 11.7. The molecule has 0 radical (unpaired) electrons. The van der Waals surface area contributed by atoms with Crippen LogP contribution in [0.5, 0.6) is 5.75 Å². The molecule has 3 unspecified atom stereocenters. The zero-order valence-electron chi connectivity index (χ0n) is 20.5. The smallest absolute Gasteiger partial charge is 0.252 e. The molecule has 1 aromatic heterocycles. The molecular weight excluding hydrogens is 464 g/mol. The summed E-state index contributed by atoms with van der Waals surface area (Å²) in [4.78, 5) is 17.8. The summed E-state index contributed by atoms with van der Waals surface area (Å²) >= 11 is 0. The van der Waals surface area contributed by atoms with Crippen LogP contribution in [-0.2, 0) is 17.1 Å². The third-order valence-electron chi connectivity index (χ3n) is 6.41. The van der Waals surface area contributed by atoms with Gasteiger partial charge < -0.3 is 14.6 Å². The van der Waals surface area contributed by atoms with E-state index in [1.165, 1.54) is 12.1 Å². The van der Waals surface area contributed by atoms with Gasteiger partial charge >= 0.3 is 0 Å². The number of ether oxygens (including phenoxy) is 1. The summed E-state index contributed by atoms with van der Waals surface area (Å²) in [5, 5.41) is 3.04. The summed E-state index contributed by atoms with van der Waals surface area (Å²) in [6.45, 7) is 5.18. The van der Waals surface area contributed by atoms with Crippen molar-refractivity contribution >= 4 is 15.9 Å². The van der Waals surface area contributed by atoms with Gasteiger partial charge in [0.1, 0.15) is 17.6 Å². The fourth-order valence-corrected chi connectivity index (χ4v) is 6.40. The van der Waals surface area contributed by atoms with Gasteiger partial charge in [-0.1, -0.05) is 26.0 Å². The molecule has 186 valence electrons. The zero-order chi connectivity index (χ0) is 25.2. The Morgan fingerprint density at radius 3 is 2.40 bits per heavy atom. The quantitative estimate of drug-likeness (QED) is 0.539. The maximum absolute atomic E-state index is 13.2. The summed E-state index contributed by atoms with van der Waals surface area (Å²) in [5.41, 5.74) is 1.19. The second-order valence-corrected chi connectivity index (χ2v) is 11.3. The van der Waals surface area contributed by atoms with E-state index in [4.69, 9.17) is 4.74 Å². The standard InChI is InChI=1S/C26H32N4O4S/c1-18-14-19(2)17-30(16-18)35(32,33)23-10-8-20(9-11-23)26(31)28-24(25-27-12-13-29(25)3)21-6-5-7-22(15-21)34-4/h5-13,15,18-19,24H,14,16-17H2,1-4H3,(H,28,31). The lowest BCUT2D eigenvalue weighted by atomic mass is 9.94.